The van der Waals surface area contributed by atoms with Crippen molar-refractivity contribution in [3.63, 3.8) is 0 Å². The Morgan fingerprint density at radius 1 is 0.929 bits per heavy atom. The van der Waals surface area contributed by atoms with E-state index in [2.05, 4.69) is 5.16 Å². The molecule has 0 radical (unpaired) electrons. The summed E-state index contributed by atoms with van der Waals surface area (Å²) < 4.78 is 0. The summed E-state index contributed by atoms with van der Waals surface area (Å²) in [7, 11) is 0. The van der Waals surface area contributed by atoms with Crippen molar-refractivity contribution in [1.29, 1.82) is 0 Å². The maximum atomic E-state index is 10.1. The molecule has 0 unspecified atom stereocenters. The van der Waals surface area contributed by atoms with Crippen molar-refractivity contribution < 1.29 is 25.0 Å². The van der Waals surface area contributed by atoms with E-state index in [1.165, 1.54) is 0 Å². The van der Waals surface area contributed by atoms with Gasteiger partial charge in [-0.1, -0.05) is 5.16 Å². The number of carboxylic acids is 2. The van der Waals surface area contributed by atoms with Crippen LogP contribution in [0.3, 0.4) is 0 Å². The Balaban J connectivity index is 0. The Labute approximate surface area is 103 Å². The van der Waals surface area contributed by atoms with Crippen molar-refractivity contribution in [2.45, 2.75) is 25.7 Å². The Kier molecular flexibility index (Phi) is 10.2. The number of rotatable bonds is 6. The van der Waals surface area contributed by atoms with Crippen LogP contribution in [0.5, 0.6) is 0 Å². The van der Waals surface area contributed by atoms with Crippen LogP contribution >= 0.6 is 0 Å². The topological polar surface area (TPSA) is 107 Å². The fraction of sp³-hybridized carbons (Fsp3) is 0.571. The molecule has 0 aromatic rings. The van der Waals surface area contributed by atoms with Crippen LogP contribution in [0.25, 0.3) is 0 Å². The predicted molar refractivity (Wildman–Crippen MR) is 50.1 cm³/mol. The van der Waals surface area contributed by atoms with Gasteiger partial charge in [0.2, 0.25) is 0 Å². The van der Waals surface area contributed by atoms with Gasteiger partial charge in [-0.25, -0.2) is 0 Å². The van der Waals surface area contributed by atoms with Crippen LogP contribution < -0.4 is 0 Å². The van der Waals surface area contributed by atoms with Crippen LogP contribution in [0.15, 0.2) is 5.16 Å². The number of aliphatic carboxylic acids is 2. The molecule has 0 aliphatic rings. The first-order chi connectivity index (χ1) is 6.06. The molecule has 7 heteroatoms. The Hall–Kier alpha value is -0.590. The van der Waals surface area contributed by atoms with E-state index < -0.39 is 11.9 Å². The standard InChI is InChI=1S/C7H11NO5.Na.H/c9-6(10)3-1-5(8-13)2-4-7(11)12;;/h13H,1-4H2,(H,9,10)(H,11,12);;. The molecule has 6 nitrogen and oxygen atoms in total. The molecule has 0 aromatic carbocycles. The SMILES string of the molecule is O=C(O)CCC(CCC(=O)O)=NO.[NaH]. The zero-order valence-corrected chi connectivity index (χ0v) is 6.93. The third-order valence-corrected chi connectivity index (χ3v) is 1.40. The van der Waals surface area contributed by atoms with Gasteiger partial charge >= 0.3 is 41.5 Å². The first-order valence-corrected chi connectivity index (χ1v) is 3.69. The molecule has 14 heavy (non-hydrogen) atoms. The summed E-state index contributed by atoms with van der Waals surface area (Å²) in [5.41, 5.74) is 0.199. The van der Waals surface area contributed by atoms with Gasteiger partial charge in [0.25, 0.3) is 0 Å². The monoisotopic (exact) mass is 213 g/mol. The van der Waals surface area contributed by atoms with Gasteiger partial charge < -0.3 is 15.4 Å². The Morgan fingerprint density at radius 3 is 1.50 bits per heavy atom. The van der Waals surface area contributed by atoms with E-state index in [4.69, 9.17) is 15.4 Å². The van der Waals surface area contributed by atoms with E-state index in [0.717, 1.165) is 0 Å². The van der Waals surface area contributed by atoms with Crippen molar-refractivity contribution >= 4 is 47.2 Å². The molecule has 0 heterocycles. The number of oxime groups is 1. The first-order valence-electron chi connectivity index (χ1n) is 3.69. The van der Waals surface area contributed by atoms with Gasteiger partial charge in [0.1, 0.15) is 0 Å². The van der Waals surface area contributed by atoms with Gasteiger partial charge in [-0.05, 0) is 12.8 Å². The molecule has 0 rings (SSSR count). The summed E-state index contributed by atoms with van der Waals surface area (Å²) in [5.74, 6) is -2.01. The van der Waals surface area contributed by atoms with E-state index >= 15 is 0 Å². The third kappa shape index (κ3) is 9.50. The summed E-state index contributed by atoms with van der Waals surface area (Å²) in [4.78, 5) is 20.2. The van der Waals surface area contributed by atoms with E-state index in [0.29, 0.717) is 0 Å². The zero-order valence-electron chi connectivity index (χ0n) is 6.93. The molecule has 0 aromatic heterocycles. The maximum absolute atomic E-state index is 10.1. The quantitative estimate of drug-likeness (QED) is 0.247. The van der Waals surface area contributed by atoms with Crippen molar-refractivity contribution in [2.24, 2.45) is 5.16 Å². The Morgan fingerprint density at radius 2 is 1.29 bits per heavy atom. The average molecular weight is 213 g/mol. The van der Waals surface area contributed by atoms with Gasteiger partial charge in [-0.3, -0.25) is 9.59 Å². The van der Waals surface area contributed by atoms with Gasteiger partial charge in [-0.15, -0.1) is 0 Å². The van der Waals surface area contributed by atoms with Crippen LogP contribution in [0, 0.1) is 0 Å². The molecule has 0 bridgehead atoms. The van der Waals surface area contributed by atoms with Gasteiger partial charge in [0.15, 0.2) is 0 Å². The summed E-state index contributed by atoms with van der Waals surface area (Å²) in [6.07, 6.45) is -0.143. The molecule has 0 aliphatic heterocycles. The van der Waals surface area contributed by atoms with Gasteiger partial charge in [0, 0.05) is 0 Å². The normalized spacial score (nSPS) is 8.57. The zero-order chi connectivity index (χ0) is 10.3. The molecule has 0 aliphatic carbocycles. The van der Waals surface area contributed by atoms with E-state index in [9.17, 15) is 9.59 Å². The second kappa shape index (κ2) is 8.98. The second-order valence-corrected chi connectivity index (χ2v) is 2.45. The van der Waals surface area contributed by atoms with E-state index in [1.807, 2.05) is 0 Å². The molecule has 76 valence electrons. The molecule has 0 spiro atoms. The Bertz CT molecular complexity index is 208. The molecule has 0 saturated carbocycles. The minimum absolute atomic E-state index is 0. The fourth-order valence-corrected chi connectivity index (χ4v) is 0.727. The van der Waals surface area contributed by atoms with Crippen LogP contribution in [0.1, 0.15) is 25.7 Å². The first kappa shape index (κ1) is 15.9. The molecule has 3 N–H and O–H groups in total. The van der Waals surface area contributed by atoms with Crippen molar-refractivity contribution in [1.82, 2.24) is 0 Å². The predicted octanol–water partition coefficient (Wildman–Crippen LogP) is -0.102. The molecule has 0 atom stereocenters. The number of carbonyl (C=O) groups is 2. The van der Waals surface area contributed by atoms with Crippen molar-refractivity contribution in [3.05, 3.63) is 0 Å². The minimum atomic E-state index is -1.00. The number of carboxylic acid groups (broad SMARTS) is 2. The molecular formula is C7H12NNaO5. The molecule has 0 amide bonds. The number of hydrogen-bond donors (Lipinski definition) is 3. The number of hydrogen-bond acceptors (Lipinski definition) is 4. The summed E-state index contributed by atoms with van der Waals surface area (Å²) in [6, 6.07) is 0. The summed E-state index contributed by atoms with van der Waals surface area (Å²) in [6.45, 7) is 0. The van der Waals surface area contributed by atoms with Gasteiger partial charge in [-0.2, -0.15) is 0 Å². The van der Waals surface area contributed by atoms with Crippen LogP contribution in [-0.4, -0.2) is 62.6 Å². The van der Waals surface area contributed by atoms with Crippen LogP contribution in [0.2, 0.25) is 0 Å². The molecule has 0 fully saturated rings. The van der Waals surface area contributed by atoms with E-state index in [-0.39, 0.29) is 61.0 Å². The van der Waals surface area contributed by atoms with Crippen molar-refractivity contribution in [3.8, 4) is 0 Å². The fourth-order valence-electron chi connectivity index (χ4n) is 0.727. The summed E-state index contributed by atoms with van der Waals surface area (Å²) in [5, 5.41) is 27.7. The third-order valence-electron chi connectivity index (χ3n) is 1.40. The van der Waals surface area contributed by atoms with E-state index in [1.54, 1.807) is 0 Å². The van der Waals surface area contributed by atoms with Crippen LogP contribution in [0.4, 0.5) is 0 Å². The average Bonchev–Trinajstić information content (AvgIpc) is 2.04. The molecular weight excluding hydrogens is 201 g/mol. The number of nitrogens with zero attached hydrogens (tertiary/aromatic N) is 1. The molecule has 0 saturated heterocycles. The van der Waals surface area contributed by atoms with Crippen molar-refractivity contribution in [2.75, 3.05) is 0 Å². The van der Waals surface area contributed by atoms with Gasteiger partial charge in [0.05, 0.1) is 18.6 Å². The summed E-state index contributed by atoms with van der Waals surface area (Å²) >= 11 is 0. The van der Waals surface area contributed by atoms with Crippen LogP contribution in [-0.2, 0) is 9.59 Å². The second-order valence-electron chi connectivity index (χ2n) is 2.45.